The van der Waals surface area contributed by atoms with Gasteiger partial charge in [0.05, 0.1) is 34.3 Å². The molecule has 6 rings (SSSR count). The number of nitrogens with one attached hydrogen (secondary N) is 2. The van der Waals surface area contributed by atoms with Crippen LogP contribution in [0.3, 0.4) is 0 Å². The monoisotopic (exact) mass is 608 g/mol. The highest BCUT2D eigenvalue weighted by atomic mass is 32.1. The predicted molar refractivity (Wildman–Crippen MR) is 171 cm³/mol. The van der Waals surface area contributed by atoms with Crippen LogP contribution in [0.5, 0.6) is 11.8 Å². The molecule has 5 aromatic rings. The summed E-state index contributed by atoms with van der Waals surface area (Å²) in [6.45, 7) is 6.93. The number of benzene rings is 2. The molecule has 0 spiro atoms. The zero-order chi connectivity index (χ0) is 30.7. The number of carbonyl (C=O) groups is 2. The molecule has 11 nitrogen and oxygen atoms in total. The van der Waals surface area contributed by atoms with E-state index in [1.54, 1.807) is 15.8 Å². The first-order valence-electron chi connectivity index (χ1n) is 14.3. The third-order valence-electron chi connectivity index (χ3n) is 7.00. The molecule has 0 unspecified atom stereocenters. The van der Waals surface area contributed by atoms with Crippen LogP contribution >= 0.6 is 11.3 Å². The number of hydrogen-bond donors (Lipinski definition) is 2. The van der Waals surface area contributed by atoms with Gasteiger partial charge >= 0.3 is 12.0 Å². The lowest BCUT2D eigenvalue weighted by atomic mass is 9.92. The number of nitrogens with zero attached hydrogens (tertiary/aromatic N) is 6. The minimum atomic E-state index is -0.453. The Kier molecular flexibility index (Phi) is 8.07. The van der Waals surface area contributed by atoms with Crippen LogP contribution in [0.2, 0.25) is 0 Å². The molecule has 1 saturated heterocycles. The average Bonchev–Trinajstić information content (AvgIpc) is 3.68. The minimum absolute atomic E-state index is 0.132. The molecule has 44 heavy (non-hydrogen) atoms. The Morgan fingerprint density at radius 3 is 2.39 bits per heavy atom. The van der Waals surface area contributed by atoms with Crippen molar-refractivity contribution in [3.8, 4) is 27.9 Å². The summed E-state index contributed by atoms with van der Waals surface area (Å²) in [4.78, 5) is 40.8. The molecule has 0 radical (unpaired) electrons. The number of para-hydroxylation sites is 1. The van der Waals surface area contributed by atoms with E-state index in [2.05, 4.69) is 46.4 Å². The lowest BCUT2D eigenvalue weighted by Crippen LogP contribution is -2.34. The van der Waals surface area contributed by atoms with Gasteiger partial charge in [-0.05, 0) is 54.8 Å². The Morgan fingerprint density at radius 1 is 0.932 bits per heavy atom. The summed E-state index contributed by atoms with van der Waals surface area (Å²) >= 11 is 1.50. The molecule has 3 amide bonds. The average molecular weight is 609 g/mol. The van der Waals surface area contributed by atoms with Gasteiger partial charge in [0.25, 0.3) is 0 Å². The molecule has 1 aliphatic heterocycles. The van der Waals surface area contributed by atoms with Crippen molar-refractivity contribution < 1.29 is 14.3 Å². The van der Waals surface area contributed by atoms with E-state index in [1.165, 1.54) is 23.7 Å². The molecular formula is C32H32N8O3S. The van der Waals surface area contributed by atoms with Crippen molar-refractivity contribution >= 4 is 39.9 Å². The minimum Gasteiger partial charge on any atom is -0.424 e. The molecule has 224 valence electrons. The Morgan fingerprint density at radius 2 is 1.68 bits per heavy atom. The smallest absolute Gasteiger partial charge is 0.324 e. The van der Waals surface area contributed by atoms with Crippen molar-refractivity contribution in [3.05, 3.63) is 84.9 Å². The van der Waals surface area contributed by atoms with Gasteiger partial charge in [0.2, 0.25) is 5.91 Å². The topological polar surface area (TPSA) is 127 Å². The molecule has 0 atom stereocenters. The Labute approximate surface area is 259 Å². The van der Waals surface area contributed by atoms with Crippen molar-refractivity contribution in [2.24, 2.45) is 0 Å². The van der Waals surface area contributed by atoms with Crippen LogP contribution in [-0.2, 0) is 10.2 Å². The van der Waals surface area contributed by atoms with Gasteiger partial charge < -0.3 is 10.1 Å². The van der Waals surface area contributed by atoms with Crippen LogP contribution in [0.4, 0.5) is 21.4 Å². The molecular weight excluding hydrogens is 576 g/mol. The lowest BCUT2D eigenvalue weighted by Gasteiger charge is -2.23. The molecule has 0 aliphatic carbocycles. The Bertz CT molecular complexity index is 1760. The first-order chi connectivity index (χ1) is 21.2. The van der Waals surface area contributed by atoms with Gasteiger partial charge in [-0.25, -0.2) is 24.4 Å². The zero-order valence-corrected chi connectivity index (χ0v) is 25.5. The maximum absolute atomic E-state index is 12.9. The molecule has 2 aromatic carbocycles. The predicted octanol–water partition coefficient (Wildman–Crippen LogP) is 7.04. The highest BCUT2D eigenvalue weighted by molar-refractivity contribution is 7.19. The number of ether oxygens (including phenoxy) is 1. The number of carbonyl (C=O) groups excluding carboxylic acids is 2. The highest BCUT2D eigenvalue weighted by Crippen LogP contribution is 2.34. The summed E-state index contributed by atoms with van der Waals surface area (Å²) < 4.78 is 7.52. The lowest BCUT2D eigenvalue weighted by molar-refractivity contribution is -0.119. The van der Waals surface area contributed by atoms with E-state index in [1.807, 2.05) is 60.7 Å². The largest absolute Gasteiger partial charge is 0.424 e. The fourth-order valence-electron chi connectivity index (χ4n) is 4.64. The van der Waals surface area contributed by atoms with Gasteiger partial charge in [0.15, 0.2) is 5.13 Å². The Hall–Kier alpha value is -5.10. The maximum Gasteiger partial charge on any atom is 0.324 e. The van der Waals surface area contributed by atoms with Crippen molar-refractivity contribution in [3.63, 3.8) is 0 Å². The number of piperidine rings is 1. The van der Waals surface area contributed by atoms with Crippen LogP contribution in [0.15, 0.2) is 79.3 Å². The van der Waals surface area contributed by atoms with Crippen molar-refractivity contribution in [1.82, 2.24) is 24.7 Å². The summed E-state index contributed by atoms with van der Waals surface area (Å²) in [5, 5.41) is 11.1. The maximum atomic E-state index is 12.9. The summed E-state index contributed by atoms with van der Waals surface area (Å²) in [6.07, 6.45) is 7.26. The third kappa shape index (κ3) is 6.60. The number of rotatable bonds is 7. The fourth-order valence-corrected chi connectivity index (χ4v) is 5.60. The second-order valence-electron chi connectivity index (χ2n) is 11.4. The third-order valence-corrected chi connectivity index (χ3v) is 8.07. The van der Waals surface area contributed by atoms with E-state index in [4.69, 9.17) is 9.84 Å². The SMILES string of the molecule is CC(C)(C)c1cc(NC(=O)Nc2cnc(Oc3ccc(-c4cnc(N5CCCCC5=O)s4)cc3)nc2)n(-c2ccccc2)n1. The van der Waals surface area contributed by atoms with Gasteiger partial charge in [-0.15, -0.1) is 0 Å². The van der Waals surface area contributed by atoms with E-state index in [0.29, 0.717) is 23.7 Å². The number of thiazole rings is 1. The second-order valence-corrected chi connectivity index (χ2v) is 12.4. The van der Waals surface area contributed by atoms with Gasteiger partial charge in [-0.3, -0.25) is 15.0 Å². The Balaban J connectivity index is 1.07. The molecule has 4 heterocycles. The molecule has 0 saturated carbocycles. The fraction of sp³-hybridized carbons (Fsp3) is 0.250. The highest BCUT2D eigenvalue weighted by Gasteiger charge is 2.23. The van der Waals surface area contributed by atoms with Gasteiger partial charge in [-0.2, -0.15) is 5.10 Å². The molecule has 12 heteroatoms. The normalized spacial score (nSPS) is 13.5. The van der Waals surface area contributed by atoms with E-state index < -0.39 is 6.03 Å². The van der Waals surface area contributed by atoms with Crippen LogP contribution in [0.25, 0.3) is 16.1 Å². The van der Waals surface area contributed by atoms with E-state index in [-0.39, 0.29) is 17.3 Å². The molecule has 1 fully saturated rings. The molecule has 0 bridgehead atoms. The molecule has 3 aromatic heterocycles. The number of amides is 3. The summed E-state index contributed by atoms with van der Waals surface area (Å²) in [7, 11) is 0. The van der Waals surface area contributed by atoms with Crippen molar-refractivity contribution in [2.75, 3.05) is 22.1 Å². The standard InChI is InChI=1S/C32H32N8O3S/c1-32(2,3)26-17-27(40(38-26)23-9-5-4-6-10-23)37-29(42)36-22-18-33-30(34-19-22)43-24-14-12-21(13-15-24)25-20-35-31(44-25)39-16-8-7-11-28(39)41/h4-6,9-10,12-15,17-20H,7-8,11,16H2,1-3H3,(H2,36,37,42). The number of anilines is 3. The molecule has 1 aliphatic rings. The second kappa shape index (κ2) is 12.3. The van der Waals surface area contributed by atoms with Crippen LogP contribution in [0.1, 0.15) is 45.7 Å². The van der Waals surface area contributed by atoms with Crippen LogP contribution < -0.4 is 20.3 Å². The van der Waals surface area contributed by atoms with Gasteiger partial charge in [0.1, 0.15) is 11.6 Å². The molecule has 2 N–H and O–H groups in total. The number of hydrogen-bond acceptors (Lipinski definition) is 8. The van der Waals surface area contributed by atoms with Crippen molar-refractivity contribution in [2.45, 2.75) is 45.4 Å². The van der Waals surface area contributed by atoms with Crippen LogP contribution in [-0.4, -0.2) is 43.2 Å². The zero-order valence-electron chi connectivity index (χ0n) is 24.7. The number of urea groups is 1. The summed E-state index contributed by atoms with van der Waals surface area (Å²) in [5.74, 6) is 1.23. The van der Waals surface area contributed by atoms with Crippen molar-refractivity contribution in [1.29, 1.82) is 0 Å². The van der Waals surface area contributed by atoms with E-state index in [9.17, 15) is 9.59 Å². The number of aromatic nitrogens is 5. The first-order valence-corrected chi connectivity index (χ1v) is 15.1. The van der Waals surface area contributed by atoms with Crippen LogP contribution in [0, 0.1) is 0 Å². The van der Waals surface area contributed by atoms with Gasteiger partial charge in [0, 0.05) is 30.6 Å². The summed E-state index contributed by atoms with van der Waals surface area (Å²) in [6, 6.07) is 18.7. The van der Waals surface area contributed by atoms with E-state index >= 15 is 0 Å². The van der Waals surface area contributed by atoms with Gasteiger partial charge in [-0.1, -0.05) is 50.3 Å². The summed E-state index contributed by atoms with van der Waals surface area (Å²) in [5.41, 5.74) is 2.86. The first kappa shape index (κ1) is 29.0. The van der Waals surface area contributed by atoms with E-state index in [0.717, 1.165) is 46.3 Å². The quantitative estimate of drug-likeness (QED) is 0.203.